The molecule has 0 aliphatic carbocycles. The highest BCUT2D eigenvalue weighted by Crippen LogP contribution is 2.13. The third-order valence-corrected chi connectivity index (χ3v) is 1.92. The second-order valence-corrected chi connectivity index (χ2v) is 2.97. The summed E-state index contributed by atoms with van der Waals surface area (Å²) < 4.78 is 4.78. The van der Waals surface area contributed by atoms with Crippen LogP contribution in [0.25, 0.3) is 0 Å². The molecule has 1 aromatic rings. The van der Waals surface area contributed by atoms with Crippen LogP contribution in [-0.2, 0) is 9.53 Å². The van der Waals surface area contributed by atoms with Gasteiger partial charge in [0.1, 0.15) is 6.04 Å². The van der Waals surface area contributed by atoms with E-state index in [0.29, 0.717) is 17.7 Å². The normalized spacial score (nSPS) is 11.5. The van der Waals surface area contributed by atoms with Crippen molar-refractivity contribution >= 4 is 5.97 Å². The number of nitriles is 1. The number of hydrogen-bond acceptors (Lipinski definition) is 4. The van der Waals surface area contributed by atoms with Gasteiger partial charge in [-0.3, -0.25) is 0 Å². The van der Waals surface area contributed by atoms with Crippen LogP contribution >= 0.6 is 0 Å². The van der Waals surface area contributed by atoms with Crippen molar-refractivity contribution in [1.29, 1.82) is 5.26 Å². The molecule has 0 amide bonds. The third-order valence-electron chi connectivity index (χ3n) is 1.92. The summed E-state index contributed by atoms with van der Waals surface area (Å²) in [7, 11) is 0. The SMILES string of the molecule is CCOC(=O)[C@@H](N)c1cccc(C#N)c1. The first kappa shape index (κ1) is 11.2. The van der Waals surface area contributed by atoms with Gasteiger partial charge in [-0.2, -0.15) is 5.26 Å². The molecule has 15 heavy (non-hydrogen) atoms. The van der Waals surface area contributed by atoms with Crippen LogP contribution in [-0.4, -0.2) is 12.6 Å². The van der Waals surface area contributed by atoms with Crippen LogP contribution in [0.2, 0.25) is 0 Å². The summed E-state index contributed by atoms with van der Waals surface area (Å²) in [6, 6.07) is 7.79. The molecular weight excluding hydrogens is 192 g/mol. The van der Waals surface area contributed by atoms with E-state index in [0.717, 1.165) is 0 Å². The predicted molar refractivity (Wildman–Crippen MR) is 54.7 cm³/mol. The van der Waals surface area contributed by atoms with Crippen molar-refractivity contribution < 1.29 is 9.53 Å². The maximum atomic E-state index is 11.3. The average molecular weight is 204 g/mol. The second kappa shape index (κ2) is 5.13. The summed E-state index contributed by atoms with van der Waals surface area (Å²) in [5.41, 5.74) is 6.73. The molecule has 1 aromatic carbocycles. The Morgan fingerprint density at radius 2 is 2.40 bits per heavy atom. The zero-order valence-corrected chi connectivity index (χ0v) is 8.43. The minimum Gasteiger partial charge on any atom is -0.465 e. The maximum Gasteiger partial charge on any atom is 0.327 e. The minimum absolute atomic E-state index is 0.296. The number of nitrogens with two attached hydrogens (primary N) is 1. The summed E-state index contributed by atoms with van der Waals surface area (Å²) in [6.07, 6.45) is 0. The monoisotopic (exact) mass is 204 g/mol. The smallest absolute Gasteiger partial charge is 0.327 e. The van der Waals surface area contributed by atoms with Gasteiger partial charge in [-0.1, -0.05) is 12.1 Å². The van der Waals surface area contributed by atoms with Crippen LogP contribution in [0.4, 0.5) is 0 Å². The number of nitrogens with zero attached hydrogens (tertiary/aromatic N) is 1. The van der Waals surface area contributed by atoms with Gasteiger partial charge < -0.3 is 10.5 Å². The molecule has 1 atom stereocenters. The van der Waals surface area contributed by atoms with Crippen LogP contribution in [0.5, 0.6) is 0 Å². The second-order valence-electron chi connectivity index (χ2n) is 2.97. The van der Waals surface area contributed by atoms with Crippen molar-refractivity contribution in [1.82, 2.24) is 0 Å². The first-order valence-electron chi connectivity index (χ1n) is 4.61. The van der Waals surface area contributed by atoms with Crippen LogP contribution in [0, 0.1) is 11.3 Å². The average Bonchev–Trinajstić information content (AvgIpc) is 2.28. The van der Waals surface area contributed by atoms with E-state index in [2.05, 4.69) is 0 Å². The fourth-order valence-electron chi connectivity index (χ4n) is 1.17. The highest BCUT2D eigenvalue weighted by molar-refractivity contribution is 5.77. The minimum atomic E-state index is -0.821. The summed E-state index contributed by atoms with van der Waals surface area (Å²) >= 11 is 0. The maximum absolute atomic E-state index is 11.3. The first-order chi connectivity index (χ1) is 7.19. The van der Waals surface area contributed by atoms with Gasteiger partial charge in [0.15, 0.2) is 0 Å². The predicted octanol–water partition coefficient (Wildman–Crippen LogP) is 1.12. The van der Waals surface area contributed by atoms with E-state index in [9.17, 15) is 4.79 Å². The molecule has 0 saturated carbocycles. The lowest BCUT2D eigenvalue weighted by Gasteiger charge is -2.10. The van der Waals surface area contributed by atoms with Gasteiger partial charge in [-0.25, -0.2) is 4.79 Å². The Balaban J connectivity index is 2.87. The van der Waals surface area contributed by atoms with Crippen LogP contribution in [0.1, 0.15) is 24.1 Å². The lowest BCUT2D eigenvalue weighted by atomic mass is 10.1. The first-order valence-corrected chi connectivity index (χ1v) is 4.61. The van der Waals surface area contributed by atoms with Crippen molar-refractivity contribution in [3.8, 4) is 6.07 Å². The van der Waals surface area contributed by atoms with Crippen molar-refractivity contribution in [2.24, 2.45) is 5.73 Å². The van der Waals surface area contributed by atoms with E-state index in [1.807, 2.05) is 6.07 Å². The van der Waals surface area contributed by atoms with Gasteiger partial charge in [0.2, 0.25) is 0 Å². The molecule has 0 heterocycles. The molecule has 0 aliphatic rings. The van der Waals surface area contributed by atoms with Gasteiger partial charge >= 0.3 is 5.97 Å². The number of rotatable bonds is 3. The molecule has 0 unspecified atom stereocenters. The molecule has 0 aliphatic heterocycles. The van der Waals surface area contributed by atoms with Crippen molar-refractivity contribution in [3.63, 3.8) is 0 Å². The van der Waals surface area contributed by atoms with Gasteiger partial charge in [-0.15, -0.1) is 0 Å². The van der Waals surface area contributed by atoms with Crippen LogP contribution in [0.3, 0.4) is 0 Å². The van der Waals surface area contributed by atoms with Gasteiger partial charge in [-0.05, 0) is 24.6 Å². The quantitative estimate of drug-likeness (QED) is 0.748. The molecule has 0 spiro atoms. The standard InChI is InChI=1S/C11H12N2O2/c1-2-15-11(14)10(13)9-5-3-4-8(6-9)7-12/h3-6,10H,2,13H2,1H3/t10-/m0/s1. The van der Waals surface area contributed by atoms with E-state index in [-0.39, 0.29) is 0 Å². The zero-order chi connectivity index (χ0) is 11.3. The molecule has 4 heteroatoms. The number of ether oxygens (including phenoxy) is 1. The molecule has 1 rings (SSSR count). The molecule has 0 saturated heterocycles. The summed E-state index contributed by atoms with van der Waals surface area (Å²) in [5.74, 6) is -0.479. The van der Waals surface area contributed by atoms with E-state index in [1.54, 1.807) is 31.2 Å². The molecule has 0 aromatic heterocycles. The van der Waals surface area contributed by atoms with Crippen molar-refractivity contribution in [3.05, 3.63) is 35.4 Å². The highest BCUT2D eigenvalue weighted by Gasteiger charge is 2.16. The van der Waals surface area contributed by atoms with Crippen LogP contribution in [0.15, 0.2) is 24.3 Å². The summed E-state index contributed by atoms with van der Waals surface area (Å²) in [5, 5.41) is 8.68. The fourth-order valence-corrected chi connectivity index (χ4v) is 1.17. The van der Waals surface area contributed by atoms with Gasteiger partial charge in [0.05, 0.1) is 18.2 Å². The van der Waals surface area contributed by atoms with E-state index in [1.165, 1.54) is 0 Å². The largest absolute Gasteiger partial charge is 0.465 e. The van der Waals surface area contributed by atoms with E-state index < -0.39 is 12.0 Å². The van der Waals surface area contributed by atoms with Gasteiger partial charge in [0, 0.05) is 0 Å². The number of carbonyl (C=O) groups is 1. The molecule has 4 nitrogen and oxygen atoms in total. The number of hydrogen-bond donors (Lipinski definition) is 1. The molecule has 2 N–H and O–H groups in total. The van der Waals surface area contributed by atoms with Crippen LogP contribution < -0.4 is 5.73 Å². The Morgan fingerprint density at radius 1 is 1.67 bits per heavy atom. The Bertz CT molecular complexity index is 396. The van der Waals surface area contributed by atoms with Gasteiger partial charge in [0.25, 0.3) is 0 Å². The molecule has 78 valence electrons. The lowest BCUT2D eigenvalue weighted by Crippen LogP contribution is -2.23. The molecule has 0 radical (unpaired) electrons. The van der Waals surface area contributed by atoms with E-state index >= 15 is 0 Å². The fraction of sp³-hybridized carbons (Fsp3) is 0.273. The molecule has 0 fully saturated rings. The van der Waals surface area contributed by atoms with E-state index in [4.69, 9.17) is 15.7 Å². The number of carbonyl (C=O) groups excluding carboxylic acids is 1. The number of benzene rings is 1. The third kappa shape index (κ3) is 2.79. The number of esters is 1. The topological polar surface area (TPSA) is 76.1 Å². The Morgan fingerprint density at radius 3 is 3.00 bits per heavy atom. The summed E-state index contributed by atoms with van der Waals surface area (Å²) in [4.78, 5) is 11.3. The van der Waals surface area contributed by atoms with Crippen molar-refractivity contribution in [2.45, 2.75) is 13.0 Å². The molecular formula is C11H12N2O2. The highest BCUT2D eigenvalue weighted by atomic mass is 16.5. The summed E-state index contributed by atoms with van der Waals surface area (Å²) in [6.45, 7) is 2.01. The zero-order valence-electron chi connectivity index (χ0n) is 8.43. The Hall–Kier alpha value is -1.86. The molecule has 0 bridgehead atoms. The Kier molecular flexibility index (Phi) is 3.83. The van der Waals surface area contributed by atoms with Crippen molar-refractivity contribution in [2.75, 3.05) is 6.61 Å². The Labute approximate surface area is 88.3 Å². The lowest BCUT2D eigenvalue weighted by molar-refractivity contribution is -0.144.